The van der Waals surface area contributed by atoms with Crippen molar-refractivity contribution in [2.45, 2.75) is 25.9 Å². The van der Waals surface area contributed by atoms with Crippen LogP contribution in [0.2, 0.25) is 0 Å². The Balaban J connectivity index is 1.89. The standard InChI is InChI=1S/C16H17BrN2O2/c1-12(10-13-5-7-14(17)8-6-13)18-15(20)11-19-9-3-2-4-16(19)21/h2-9,12H,10-11H2,1H3,(H,18,20). The number of rotatable bonds is 5. The number of hydrogen-bond acceptors (Lipinski definition) is 2. The van der Waals surface area contributed by atoms with Gasteiger partial charge in [0.25, 0.3) is 5.56 Å². The van der Waals surface area contributed by atoms with Gasteiger partial charge in [0.05, 0.1) is 0 Å². The highest BCUT2D eigenvalue weighted by Gasteiger charge is 2.09. The van der Waals surface area contributed by atoms with Crippen LogP contribution in [0.5, 0.6) is 0 Å². The average molecular weight is 349 g/mol. The van der Waals surface area contributed by atoms with Crippen LogP contribution in [0.15, 0.2) is 57.9 Å². The molecule has 0 bridgehead atoms. The summed E-state index contributed by atoms with van der Waals surface area (Å²) in [6, 6.07) is 12.9. The first kappa shape index (κ1) is 15.5. The van der Waals surface area contributed by atoms with Gasteiger partial charge in [-0.3, -0.25) is 9.59 Å². The van der Waals surface area contributed by atoms with Crippen molar-refractivity contribution in [2.75, 3.05) is 0 Å². The lowest BCUT2D eigenvalue weighted by molar-refractivity contribution is -0.122. The fraction of sp³-hybridized carbons (Fsp3) is 0.250. The smallest absolute Gasteiger partial charge is 0.250 e. The molecule has 1 aromatic heterocycles. The molecule has 0 saturated heterocycles. The highest BCUT2D eigenvalue weighted by atomic mass is 79.9. The maximum absolute atomic E-state index is 11.9. The predicted molar refractivity (Wildman–Crippen MR) is 86.2 cm³/mol. The van der Waals surface area contributed by atoms with Gasteiger partial charge in [-0.25, -0.2) is 0 Å². The zero-order valence-electron chi connectivity index (χ0n) is 11.8. The number of carbonyl (C=O) groups excluding carboxylic acids is 1. The fourth-order valence-electron chi connectivity index (χ4n) is 2.09. The molecule has 1 aromatic carbocycles. The SMILES string of the molecule is CC(Cc1ccc(Br)cc1)NC(=O)Cn1ccccc1=O. The molecule has 5 heteroatoms. The number of benzene rings is 1. The molecule has 2 aromatic rings. The first-order valence-electron chi connectivity index (χ1n) is 6.74. The molecule has 0 aliphatic carbocycles. The molecule has 110 valence electrons. The van der Waals surface area contributed by atoms with E-state index < -0.39 is 0 Å². The predicted octanol–water partition coefficient (Wildman–Crippen LogP) is 2.36. The number of amides is 1. The molecular weight excluding hydrogens is 332 g/mol. The third-order valence-electron chi connectivity index (χ3n) is 3.08. The van der Waals surface area contributed by atoms with E-state index in [9.17, 15) is 9.59 Å². The van der Waals surface area contributed by atoms with E-state index in [1.165, 1.54) is 10.6 Å². The second kappa shape index (κ2) is 7.22. The van der Waals surface area contributed by atoms with Gasteiger partial charge in [0, 0.05) is 22.8 Å². The summed E-state index contributed by atoms with van der Waals surface area (Å²) in [4.78, 5) is 23.5. The Bertz CT molecular complexity index is 664. The van der Waals surface area contributed by atoms with E-state index in [-0.39, 0.29) is 24.1 Å². The molecule has 0 spiro atoms. The minimum Gasteiger partial charge on any atom is -0.352 e. The van der Waals surface area contributed by atoms with Crippen molar-refractivity contribution in [3.8, 4) is 0 Å². The van der Waals surface area contributed by atoms with Crippen LogP contribution in [0.3, 0.4) is 0 Å². The van der Waals surface area contributed by atoms with Crippen molar-refractivity contribution in [3.63, 3.8) is 0 Å². The van der Waals surface area contributed by atoms with Gasteiger partial charge in [0.15, 0.2) is 0 Å². The van der Waals surface area contributed by atoms with Crippen molar-refractivity contribution >= 4 is 21.8 Å². The van der Waals surface area contributed by atoms with Crippen molar-refractivity contribution in [3.05, 3.63) is 69.1 Å². The lowest BCUT2D eigenvalue weighted by atomic mass is 10.1. The molecule has 0 saturated carbocycles. The van der Waals surface area contributed by atoms with Crippen molar-refractivity contribution < 1.29 is 4.79 Å². The Hall–Kier alpha value is -1.88. The Morgan fingerprint density at radius 1 is 1.24 bits per heavy atom. The topological polar surface area (TPSA) is 51.1 Å². The van der Waals surface area contributed by atoms with E-state index in [1.807, 2.05) is 31.2 Å². The second-order valence-corrected chi connectivity index (χ2v) is 5.88. The zero-order chi connectivity index (χ0) is 15.2. The summed E-state index contributed by atoms with van der Waals surface area (Å²) in [6.07, 6.45) is 2.37. The van der Waals surface area contributed by atoms with Gasteiger partial charge in [0.2, 0.25) is 5.91 Å². The number of aromatic nitrogens is 1. The van der Waals surface area contributed by atoms with E-state index in [2.05, 4.69) is 21.2 Å². The van der Waals surface area contributed by atoms with E-state index in [0.717, 1.165) is 16.5 Å². The van der Waals surface area contributed by atoms with Crippen molar-refractivity contribution in [2.24, 2.45) is 0 Å². The van der Waals surface area contributed by atoms with E-state index in [1.54, 1.807) is 18.3 Å². The number of hydrogen-bond donors (Lipinski definition) is 1. The van der Waals surface area contributed by atoms with Gasteiger partial charge in [-0.2, -0.15) is 0 Å². The highest BCUT2D eigenvalue weighted by Crippen LogP contribution is 2.11. The van der Waals surface area contributed by atoms with E-state index in [0.29, 0.717) is 0 Å². The van der Waals surface area contributed by atoms with Crippen LogP contribution in [0.1, 0.15) is 12.5 Å². The van der Waals surface area contributed by atoms with Gasteiger partial charge in [-0.1, -0.05) is 34.1 Å². The summed E-state index contributed by atoms with van der Waals surface area (Å²) >= 11 is 3.39. The average Bonchev–Trinajstić information content (AvgIpc) is 2.44. The van der Waals surface area contributed by atoms with Gasteiger partial charge in [0.1, 0.15) is 6.54 Å². The van der Waals surface area contributed by atoms with Crippen LogP contribution in [0, 0.1) is 0 Å². The summed E-state index contributed by atoms with van der Waals surface area (Å²) in [6.45, 7) is 2.00. The Morgan fingerprint density at radius 2 is 1.95 bits per heavy atom. The molecule has 1 heterocycles. The summed E-state index contributed by atoms with van der Waals surface area (Å²) < 4.78 is 2.42. The summed E-state index contributed by atoms with van der Waals surface area (Å²) in [5, 5.41) is 2.91. The highest BCUT2D eigenvalue weighted by molar-refractivity contribution is 9.10. The zero-order valence-corrected chi connectivity index (χ0v) is 13.3. The van der Waals surface area contributed by atoms with E-state index >= 15 is 0 Å². The van der Waals surface area contributed by atoms with Crippen LogP contribution in [-0.4, -0.2) is 16.5 Å². The largest absolute Gasteiger partial charge is 0.352 e. The first-order chi connectivity index (χ1) is 10.0. The Labute approximate surface area is 131 Å². The van der Waals surface area contributed by atoms with Gasteiger partial charge in [-0.05, 0) is 37.1 Å². The summed E-state index contributed by atoms with van der Waals surface area (Å²) in [5.74, 6) is -0.159. The van der Waals surface area contributed by atoms with Gasteiger partial charge < -0.3 is 9.88 Å². The molecule has 1 N–H and O–H groups in total. The lowest BCUT2D eigenvalue weighted by Crippen LogP contribution is -2.38. The fourth-order valence-corrected chi connectivity index (χ4v) is 2.36. The number of nitrogens with zero attached hydrogens (tertiary/aromatic N) is 1. The quantitative estimate of drug-likeness (QED) is 0.901. The minimum absolute atomic E-state index is 0.0121. The lowest BCUT2D eigenvalue weighted by Gasteiger charge is -2.14. The number of carbonyl (C=O) groups is 1. The van der Waals surface area contributed by atoms with Crippen LogP contribution < -0.4 is 10.9 Å². The minimum atomic E-state index is -0.173. The Morgan fingerprint density at radius 3 is 2.62 bits per heavy atom. The van der Waals surface area contributed by atoms with Crippen molar-refractivity contribution in [1.82, 2.24) is 9.88 Å². The normalized spacial score (nSPS) is 11.9. The number of pyridine rings is 1. The summed E-state index contributed by atoms with van der Waals surface area (Å²) in [5.41, 5.74) is 0.982. The number of halogens is 1. The first-order valence-corrected chi connectivity index (χ1v) is 7.53. The van der Waals surface area contributed by atoms with Crippen LogP contribution >= 0.6 is 15.9 Å². The monoisotopic (exact) mass is 348 g/mol. The maximum Gasteiger partial charge on any atom is 0.250 e. The van der Waals surface area contributed by atoms with Crippen LogP contribution in [-0.2, 0) is 17.8 Å². The molecule has 0 fully saturated rings. The van der Waals surface area contributed by atoms with Gasteiger partial charge >= 0.3 is 0 Å². The molecule has 0 aliphatic rings. The molecule has 0 aliphatic heterocycles. The van der Waals surface area contributed by atoms with Crippen LogP contribution in [0.25, 0.3) is 0 Å². The Kier molecular flexibility index (Phi) is 5.33. The third-order valence-corrected chi connectivity index (χ3v) is 3.60. The maximum atomic E-state index is 11.9. The molecule has 2 rings (SSSR count). The molecule has 1 amide bonds. The van der Waals surface area contributed by atoms with Gasteiger partial charge in [-0.15, -0.1) is 0 Å². The number of nitrogens with one attached hydrogen (secondary N) is 1. The summed E-state index contributed by atoms with van der Waals surface area (Å²) in [7, 11) is 0. The molecule has 1 atom stereocenters. The van der Waals surface area contributed by atoms with E-state index in [4.69, 9.17) is 0 Å². The molecule has 21 heavy (non-hydrogen) atoms. The third kappa shape index (κ3) is 4.86. The second-order valence-electron chi connectivity index (χ2n) is 4.97. The molecular formula is C16H17BrN2O2. The molecule has 1 unspecified atom stereocenters. The molecule has 4 nitrogen and oxygen atoms in total. The van der Waals surface area contributed by atoms with Crippen LogP contribution in [0.4, 0.5) is 0 Å². The molecule has 0 radical (unpaired) electrons. The van der Waals surface area contributed by atoms with Crippen molar-refractivity contribution in [1.29, 1.82) is 0 Å².